The van der Waals surface area contributed by atoms with Gasteiger partial charge in [0.05, 0.1) is 0 Å². The second kappa shape index (κ2) is 4.17. The number of hydrogen-bond acceptors (Lipinski definition) is 3. The van der Waals surface area contributed by atoms with Crippen LogP contribution in [0.4, 0.5) is 19.4 Å². The number of phenols is 1. The van der Waals surface area contributed by atoms with Crippen molar-refractivity contribution in [2.45, 2.75) is 0 Å². The summed E-state index contributed by atoms with van der Waals surface area (Å²) in [5, 5.41) is 9.45. The van der Waals surface area contributed by atoms with Gasteiger partial charge in [0.25, 0.3) is 0 Å². The Kier molecular flexibility index (Phi) is 3.02. The van der Waals surface area contributed by atoms with Crippen LogP contribution in [0, 0.1) is 0 Å². The predicted octanol–water partition coefficient (Wildman–Crippen LogP) is 5.78. The van der Waals surface area contributed by atoms with Crippen molar-refractivity contribution in [1.29, 1.82) is 0 Å². The molecule has 0 amide bonds. The van der Waals surface area contributed by atoms with Gasteiger partial charge in [-0.25, -0.2) is 0 Å². The fraction of sp³-hybridized carbons (Fsp3) is 0. The highest BCUT2D eigenvalue weighted by molar-refractivity contribution is 8.42. The van der Waals surface area contributed by atoms with Crippen LogP contribution in [0.3, 0.4) is 0 Å². The molecular weight excluding hydrogens is 319 g/mol. The minimum atomic E-state index is -9.98. The summed E-state index contributed by atoms with van der Waals surface area (Å²) in [6.07, 6.45) is 0. The molecule has 2 aromatic carbocycles. The highest BCUT2D eigenvalue weighted by Crippen LogP contribution is 2.97. The van der Waals surface area contributed by atoms with E-state index in [2.05, 4.69) is 4.18 Å². The van der Waals surface area contributed by atoms with E-state index in [0.717, 1.165) is 12.1 Å². The van der Waals surface area contributed by atoms with E-state index in [-0.39, 0.29) is 17.2 Å². The van der Waals surface area contributed by atoms with E-state index in [4.69, 9.17) is 4.74 Å². The van der Waals surface area contributed by atoms with Gasteiger partial charge in [0, 0.05) is 0 Å². The van der Waals surface area contributed by atoms with Crippen molar-refractivity contribution in [2.24, 2.45) is 0 Å². The van der Waals surface area contributed by atoms with Gasteiger partial charge in [-0.1, -0.05) is 31.6 Å². The Morgan fingerprint density at radius 2 is 1.29 bits per heavy atom. The molecule has 0 spiro atoms. The lowest BCUT2D eigenvalue weighted by Gasteiger charge is -2.39. The summed E-state index contributed by atoms with van der Waals surface area (Å²) in [6, 6.07) is 9.28. The molecule has 0 fully saturated rings. The minimum Gasteiger partial charge on any atom is -0.504 e. The second-order valence-electron chi connectivity index (χ2n) is 4.02. The zero-order valence-corrected chi connectivity index (χ0v) is 11.0. The van der Waals surface area contributed by atoms with Gasteiger partial charge in [-0.15, -0.1) is 0 Å². The van der Waals surface area contributed by atoms with Crippen LogP contribution >= 0.6 is 10.5 Å². The van der Waals surface area contributed by atoms with Gasteiger partial charge in [0.15, 0.2) is 11.5 Å². The molecule has 0 unspecified atom stereocenters. The third kappa shape index (κ3) is 5.03. The van der Waals surface area contributed by atoms with Crippen molar-refractivity contribution < 1.29 is 33.5 Å². The van der Waals surface area contributed by atoms with Crippen molar-refractivity contribution in [3.8, 4) is 23.0 Å². The van der Waals surface area contributed by atoms with Gasteiger partial charge >= 0.3 is 10.5 Å². The third-order valence-corrected chi connectivity index (χ3v) is 2.68. The van der Waals surface area contributed by atoms with Crippen LogP contribution in [-0.4, -0.2) is 5.11 Å². The van der Waals surface area contributed by atoms with Crippen LogP contribution < -0.4 is 8.92 Å². The molecule has 0 aromatic heterocycles. The summed E-state index contributed by atoms with van der Waals surface area (Å²) in [7, 11) is -9.98. The number of benzene rings is 2. The number of rotatable bonds is 4. The SMILES string of the molecule is Oc1ccccc1Oc1ccc(OS(F)(F)(F)(F)F)cc1. The fourth-order valence-corrected chi connectivity index (χ4v) is 1.89. The van der Waals surface area contributed by atoms with Crippen LogP contribution in [0.25, 0.3) is 0 Å². The Bertz CT molecular complexity index is 655. The number of halogens is 5. The van der Waals surface area contributed by atoms with E-state index >= 15 is 0 Å². The maximum Gasteiger partial charge on any atom is 0.435 e. The van der Waals surface area contributed by atoms with Crippen molar-refractivity contribution in [2.75, 3.05) is 0 Å². The maximum atomic E-state index is 12.1. The zero-order valence-electron chi connectivity index (χ0n) is 10.2. The van der Waals surface area contributed by atoms with E-state index in [9.17, 15) is 24.5 Å². The molecule has 0 heterocycles. The zero-order chi connectivity index (χ0) is 15.8. The van der Waals surface area contributed by atoms with Gasteiger partial charge in [-0.3, -0.25) is 0 Å². The summed E-state index contributed by atoms with van der Waals surface area (Å²) in [5.74, 6) is -1.12. The monoisotopic (exact) mass is 328 g/mol. The predicted molar refractivity (Wildman–Crippen MR) is 68.4 cm³/mol. The molecule has 0 saturated heterocycles. The van der Waals surface area contributed by atoms with E-state index in [1.807, 2.05) is 0 Å². The second-order valence-corrected chi connectivity index (χ2v) is 5.99. The van der Waals surface area contributed by atoms with Gasteiger partial charge in [0.1, 0.15) is 11.5 Å². The average Bonchev–Trinajstić information content (AvgIpc) is 2.31. The fourth-order valence-electron chi connectivity index (χ4n) is 1.42. The molecule has 1 N–H and O–H groups in total. The Balaban J connectivity index is 2.16. The number of aromatic hydroxyl groups is 1. The standard InChI is InChI=1S/C12H9F5O3S/c13-21(14,15,16,17)20-10-7-5-9(6-8-10)19-12-4-2-1-3-11(12)18/h1-8,18H. The molecule has 2 aromatic rings. The first kappa shape index (κ1) is 15.2. The summed E-state index contributed by atoms with van der Waals surface area (Å²) in [5.41, 5.74) is 0. The molecule has 0 radical (unpaired) electrons. The molecule has 3 nitrogen and oxygen atoms in total. The smallest absolute Gasteiger partial charge is 0.435 e. The first-order valence-corrected chi connectivity index (χ1v) is 7.30. The Hall–Kier alpha value is -2.16. The molecule has 9 heteroatoms. The number of hydrogen-bond donors (Lipinski definition) is 1. The molecular formula is C12H9F5O3S. The maximum absolute atomic E-state index is 12.1. The summed E-state index contributed by atoms with van der Waals surface area (Å²) in [4.78, 5) is 0. The van der Waals surface area contributed by atoms with Crippen LogP contribution in [0.15, 0.2) is 48.5 Å². The highest BCUT2D eigenvalue weighted by atomic mass is 32.5. The molecule has 21 heavy (non-hydrogen) atoms. The van der Waals surface area contributed by atoms with Crippen molar-refractivity contribution in [3.63, 3.8) is 0 Å². The van der Waals surface area contributed by atoms with E-state index in [0.29, 0.717) is 12.1 Å². The van der Waals surface area contributed by atoms with Crippen molar-refractivity contribution in [3.05, 3.63) is 48.5 Å². The number of para-hydroxylation sites is 2. The van der Waals surface area contributed by atoms with E-state index in [1.54, 1.807) is 12.1 Å². The van der Waals surface area contributed by atoms with Gasteiger partial charge in [-0.05, 0) is 36.4 Å². The lowest BCUT2D eigenvalue weighted by molar-refractivity contribution is 0.243. The Labute approximate surface area is 116 Å². The first-order chi connectivity index (χ1) is 9.41. The minimum absolute atomic E-state index is 0.0472. The van der Waals surface area contributed by atoms with Gasteiger partial charge < -0.3 is 14.0 Å². The third-order valence-electron chi connectivity index (χ3n) is 2.17. The Morgan fingerprint density at radius 1 is 0.762 bits per heavy atom. The topological polar surface area (TPSA) is 38.7 Å². The van der Waals surface area contributed by atoms with Gasteiger partial charge in [-0.2, -0.15) is 0 Å². The highest BCUT2D eigenvalue weighted by Gasteiger charge is 2.67. The largest absolute Gasteiger partial charge is 0.504 e. The van der Waals surface area contributed by atoms with Crippen molar-refractivity contribution >= 4 is 10.5 Å². The van der Waals surface area contributed by atoms with Crippen LogP contribution in [-0.2, 0) is 0 Å². The normalized spacial score (nSPS) is 14.9. The molecule has 116 valence electrons. The molecule has 2 rings (SSSR count). The Morgan fingerprint density at radius 3 is 1.81 bits per heavy atom. The van der Waals surface area contributed by atoms with Crippen molar-refractivity contribution in [1.82, 2.24) is 0 Å². The van der Waals surface area contributed by atoms with E-state index in [1.165, 1.54) is 12.1 Å². The molecule has 0 atom stereocenters. The van der Waals surface area contributed by atoms with Crippen LogP contribution in [0.2, 0.25) is 0 Å². The number of phenolic OH excluding ortho intramolecular Hbond substituents is 1. The van der Waals surface area contributed by atoms with Gasteiger partial charge in [0.2, 0.25) is 0 Å². The summed E-state index contributed by atoms with van der Waals surface area (Å²) < 4.78 is 68.6. The van der Waals surface area contributed by atoms with Crippen LogP contribution in [0.5, 0.6) is 23.0 Å². The summed E-state index contributed by atoms with van der Waals surface area (Å²) in [6.45, 7) is 0. The van der Waals surface area contributed by atoms with Crippen LogP contribution in [0.1, 0.15) is 0 Å². The summed E-state index contributed by atoms with van der Waals surface area (Å²) >= 11 is 0. The quantitative estimate of drug-likeness (QED) is 0.723. The molecule has 0 aliphatic carbocycles. The molecule has 0 saturated carbocycles. The van der Waals surface area contributed by atoms with E-state index < -0.39 is 16.3 Å². The molecule has 0 aliphatic heterocycles. The lowest BCUT2D eigenvalue weighted by Crippen LogP contribution is -2.13. The molecule has 0 bridgehead atoms. The average molecular weight is 328 g/mol. The molecule has 0 aliphatic rings. The first-order valence-electron chi connectivity index (χ1n) is 5.42. The lowest BCUT2D eigenvalue weighted by atomic mass is 10.3. The number of ether oxygens (including phenoxy) is 1.